The summed E-state index contributed by atoms with van der Waals surface area (Å²) in [5, 5.41) is 3.59. The van der Waals surface area contributed by atoms with Crippen molar-refractivity contribution in [1.29, 1.82) is 0 Å². The molecule has 0 bridgehead atoms. The Kier molecular flexibility index (Phi) is 6.06. The smallest absolute Gasteiger partial charge is 0.141 e. The van der Waals surface area contributed by atoms with Crippen LogP contribution in [-0.2, 0) is 0 Å². The van der Waals surface area contributed by atoms with Gasteiger partial charge in [-0.15, -0.1) is 0 Å². The summed E-state index contributed by atoms with van der Waals surface area (Å²) in [5.74, 6) is -0.368. The molecule has 0 fully saturated rings. The molecule has 1 atom stereocenters. The molecule has 1 rings (SSSR count). The monoisotopic (exact) mass is 272 g/mol. The fraction of sp³-hybridized carbons (Fsp3) is 0.571. The maximum Gasteiger partial charge on any atom is 0.141 e. The predicted octanol–water partition coefficient (Wildman–Crippen LogP) is 3.47. The van der Waals surface area contributed by atoms with Gasteiger partial charge in [0, 0.05) is 25.2 Å². The second-order valence-electron chi connectivity index (χ2n) is 4.92. The maximum absolute atomic E-state index is 13.0. The van der Waals surface area contributed by atoms with E-state index in [-0.39, 0.29) is 16.9 Å². The van der Waals surface area contributed by atoms with E-state index in [2.05, 4.69) is 38.0 Å². The molecule has 0 spiro atoms. The molecule has 102 valence electrons. The zero-order valence-corrected chi connectivity index (χ0v) is 12.3. The minimum atomic E-state index is -0.368. The lowest BCUT2D eigenvalue weighted by Gasteiger charge is -2.22. The van der Waals surface area contributed by atoms with Crippen molar-refractivity contribution in [2.75, 3.05) is 20.1 Å². The fourth-order valence-corrected chi connectivity index (χ4v) is 1.80. The Balaban J connectivity index is 2.45. The van der Waals surface area contributed by atoms with Crippen LogP contribution in [0.5, 0.6) is 0 Å². The molecular weight excluding hydrogens is 251 g/mol. The molecule has 0 saturated heterocycles. The molecule has 2 nitrogen and oxygen atoms in total. The Morgan fingerprint density at radius 3 is 2.56 bits per heavy atom. The summed E-state index contributed by atoms with van der Waals surface area (Å²) in [7, 11) is 2.10. The summed E-state index contributed by atoms with van der Waals surface area (Å²) in [6.07, 6.45) is 0. The van der Waals surface area contributed by atoms with Gasteiger partial charge in [0.15, 0.2) is 0 Å². The van der Waals surface area contributed by atoms with Crippen LogP contribution in [-0.4, -0.2) is 31.1 Å². The molecule has 1 aromatic rings. The lowest BCUT2D eigenvalue weighted by molar-refractivity contribution is 0.270. The molecule has 1 N–H and O–H groups in total. The molecular formula is C14H22ClFN2. The first-order valence-electron chi connectivity index (χ1n) is 6.30. The maximum atomic E-state index is 13.0. The first-order chi connectivity index (χ1) is 8.41. The van der Waals surface area contributed by atoms with E-state index in [9.17, 15) is 4.39 Å². The van der Waals surface area contributed by atoms with Gasteiger partial charge in [0.25, 0.3) is 0 Å². The molecule has 4 heteroatoms. The van der Waals surface area contributed by atoms with E-state index < -0.39 is 0 Å². The van der Waals surface area contributed by atoms with Crippen LogP contribution in [0, 0.1) is 5.82 Å². The van der Waals surface area contributed by atoms with Crippen molar-refractivity contribution in [1.82, 2.24) is 10.2 Å². The second-order valence-corrected chi connectivity index (χ2v) is 5.33. The Hall–Kier alpha value is -0.640. The minimum Gasteiger partial charge on any atom is -0.309 e. The topological polar surface area (TPSA) is 15.3 Å². The van der Waals surface area contributed by atoms with Crippen LogP contribution in [0.1, 0.15) is 32.4 Å². The van der Waals surface area contributed by atoms with Gasteiger partial charge in [0.1, 0.15) is 5.82 Å². The number of hydrogen-bond acceptors (Lipinski definition) is 2. The van der Waals surface area contributed by atoms with Crippen molar-refractivity contribution in [2.45, 2.75) is 32.9 Å². The first kappa shape index (κ1) is 15.4. The minimum absolute atomic E-state index is 0.170. The van der Waals surface area contributed by atoms with Gasteiger partial charge in [-0.05, 0) is 45.5 Å². The zero-order valence-electron chi connectivity index (χ0n) is 11.5. The summed E-state index contributed by atoms with van der Waals surface area (Å²) in [6.45, 7) is 8.27. The van der Waals surface area contributed by atoms with Crippen molar-refractivity contribution in [3.05, 3.63) is 34.6 Å². The van der Waals surface area contributed by atoms with Gasteiger partial charge in [0.2, 0.25) is 0 Å². The molecule has 0 saturated carbocycles. The lowest BCUT2D eigenvalue weighted by atomic mass is 10.1. The molecule has 0 aliphatic heterocycles. The van der Waals surface area contributed by atoms with E-state index >= 15 is 0 Å². The summed E-state index contributed by atoms with van der Waals surface area (Å²) in [4.78, 5) is 2.28. The lowest BCUT2D eigenvalue weighted by Crippen LogP contribution is -2.34. The van der Waals surface area contributed by atoms with Gasteiger partial charge in [0.05, 0.1) is 5.02 Å². The fourth-order valence-electron chi connectivity index (χ4n) is 1.62. The van der Waals surface area contributed by atoms with Crippen molar-refractivity contribution < 1.29 is 4.39 Å². The van der Waals surface area contributed by atoms with E-state index in [1.807, 2.05) is 0 Å². The van der Waals surface area contributed by atoms with Gasteiger partial charge >= 0.3 is 0 Å². The zero-order chi connectivity index (χ0) is 13.7. The van der Waals surface area contributed by atoms with Crippen LogP contribution in [0.4, 0.5) is 4.39 Å². The van der Waals surface area contributed by atoms with Crippen molar-refractivity contribution in [3.8, 4) is 0 Å². The SMILES string of the molecule is CC(NCCN(C)C(C)C)c1ccc(F)c(Cl)c1. The summed E-state index contributed by atoms with van der Waals surface area (Å²) in [6, 6.07) is 5.58. The number of rotatable bonds is 6. The predicted molar refractivity (Wildman–Crippen MR) is 75.6 cm³/mol. The van der Waals surface area contributed by atoms with Gasteiger partial charge in [-0.25, -0.2) is 4.39 Å². The van der Waals surface area contributed by atoms with Crippen LogP contribution in [0.25, 0.3) is 0 Å². The Morgan fingerprint density at radius 2 is 2.00 bits per heavy atom. The molecule has 0 aromatic heterocycles. The highest BCUT2D eigenvalue weighted by Gasteiger charge is 2.08. The van der Waals surface area contributed by atoms with Gasteiger partial charge in [-0.1, -0.05) is 17.7 Å². The average Bonchev–Trinajstić information content (AvgIpc) is 2.32. The number of benzene rings is 1. The Bertz CT molecular complexity index is 382. The number of nitrogens with zero attached hydrogens (tertiary/aromatic N) is 1. The average molecular weight is 273 g/mol. The number of likely N-dealkylation sites (N-methyl/N-ethyl adjacent to an activating group) is 1. The molecule has 0 heterocycles. The quantitative estimate of drug-likeness (QED) is 0.853. The van der Waals surface area contributed by atoms with Gasteiger partial charge in [-0.2, -0.15) is 0 Å². The van der Waals surface area contributed by atoms with E-state index in [4.69, 9.17) is 11.6 Å². The summed E-state index contributed by atoms with van der Waals surface area (Å²) >= 11 is 5.77. The largest absolute Gasteiger partial charge is 0.309 e. The molecule has 1 aromatic carbocycles. The summed E-state index contributed by atoms with van der Waals surface area (Å²) in [5.41, 5.74) is 1.01. The van der Waals surface area contributed by atoms with Crippen molar-refractivity contribution in [3.63, 3.8) is 0 Å². The van der Waals surface area contributed by atoms with Crippen LogP contribution >= 0.6 is 11.6 Å². The molecule has 18 heavy (non-hydrogen) atoms. The normalized spacial score (nSPS) is 13.3. The highest BCUT2D eigenvalue weighted by molar-refractivity contribution is 6.30. The second kappa shape index (κ2) is 7.07. The highest BCUT2D eigenvalue weighted by Crippen LogP contribution is 2.20. The molecule has 1 unspecified atom stereocenters. The van der Waals surface area contributed by atoms with Crippen LogP contribution in [0.3, 0.4) is 0 Å². The van der Waals surface area contributed by atoms with Crippen LogP contribution in [0.15, 0.2) is 18.2 Å². The summed E-state index contributed by atoms with van der Waals surface area (Å²) < 4.78 is 13.0. The number of nitrogens with one attached hydrogen (secondary N) is 1. The van der Waals surface area contributed by atoms with E-state index in [0.717, 1.165) is 18.7 Å². The Labute approximate surface area is 114 Å². The van der Waals surface area contributed by atoms with E-state index in [1.54, 1.807) is 12.1 Å². The Morgan fingerprint density at radius 1 is 1.33 bits per heavy atom. The van der Waals surface area contributed by atoms with Crippen LogP contribution < -0.4 is 5.32 Å². The van der Waals surface area contributed by atoms with Gasteiger partial charge in [-0.3, -0.25) is 0 Å². The molecule has 0 aliphatic carbocycles. The third-order valence-corrected chi connectivity index (χ3v) is 3.53. The van der Waals surface area contributed by atoms with Crippen molar-refractivity contribution >= 4 is 11.6 Å². The third-order valence-electron chi connectivity index (χ3n) is 3.24. The van der Waals surface area contributed by atoms with Gasteiger partial charge < -0.3 is 10.2 Å². The van der Waals surface area contributed by atoms with Crippen molar-refractivity contribution in [2.24, 2.45) is 0 Å². The van der Waals surface area contributed by atoms with E-state index in [0.29, 0.717) is 6.04 Å². The number of hydrogen-bond donors (Lipinski definition) is 1. The number of halogens is 2. The third kappa shape index (κ3) is 4.56. The van der Waals surface area contributed by atoms with E-state index in [1.165, 1.54) is 6.07 Å². The van der Waals surface area contributed by atoms with Crippen LogP contribution in [0.2, 0.25) is 5.02 Å². The highest BCUT2D eigenvalue weighted by atomic mass is 35.5. The standard InChI is InChI=1S/C14H22ClFN2/c1-10(2)18(4)8-7-17-11(3)12-5-6-14(16)13(15)9-12/h5-6,9-11,17H,7-8H2,1-4H3. The molecule has 0 amide bonds. The first-order valence-corrected chi connectivity index (χ1v) is 6.68. The molecule has 0 aliphatic rings. The molecule has 0 radical (unpaired) electrons.